The van der Waals surface area contributed by atoms with Gasteiger partial charge in [-0.2, -0.15) is 0 Å². The molecule has 1 radical (unpaired) electrons. The van der Waals surface area contributed by atoms with Gasteiger partial charge in [-0.15, -0.1) is 0 Å². The second-order valence-electron chi connectivity index (χ2n) is 1.85. The van der Waals surface area contributed by atoms with Gasteiger partial charge in [0.25, 0.3) is 0 Å². The zero-order valence-electron chi connectivity index (χ0n) is 5.55. The Balaban J connectivity index is 3.17. The van der Waals surface area contributed by atoms with Gasteiger partial charge in [-0.05, 0) is 13.3 Å². The summed E-state index contributed by atoms with van der Waals surface area (Å²) in [5.41, 5.74) is 0. The summed E-state index contributed by atoms with van der Waals surface area (Å²) in [5.74, 6) is 0. The fourth-order valence-electron chi connectivity index (χ4n) is 0.595. The smallest absolute Gasteiger partial charge is 0.111 e. The van der Waals surface area contributed by atoms with E-state index in [-0.39, 0.29) is 0 Å². The molecule has 0 aromatic rings. The maximum absolute atomic E-state index is 10.6. The Morgan fingerprint density at radius 1 is 1.62 bits per heavy atom. The molecule has 0 aromatic heterocycles. The van der Waals surface area contributed by atoms with E-state index in [4.69, 9.17) is 0 Å². The van der Waals surface area contributed by atoms with Crippen LogP contribution in [0, 0.1) is 0 Å². The molecule has 0 saturated heterocycles. The van der Waals surface area contributed by atoms with Crippen molar-refractivity contribution in [1.29, 1.82) is 0 Å². The van der Waals surface area contributed by atoms with E-state index in [0.717, 1.165) is 12.8 Å². The van der Waals surface area contributed by atoms with Crippen molar-refractivity contribution in [2.45, 2.75) is 32.8 Å². The lowest BCUT2D eigenvalue weighted by molar-refractivity contribution is 0.121. The summed E-state index contributed by atoms with van der Waals surface area (Å²) in [6, 6.07) is 0. The molecule has 1 unspecified atom stereocenters. The highest BCUT2D eigenvalue weighted by Gasteiger charge is 1.95. The van der Waals surface area contributed by atoms with Gasteiger partial charge >= 0.3 is 0 Å². The molecular formula is C7H13O. The minimum Gasteiger partial charge on any atom is -0.229 e. The minimum absolute atomic E-state index is 0.468. The predicted octanol–water partition coefficient (Wildman–Crippen LogP) is 2.16. The maximum Gasteiger partial charge on any atom is 0.111 e. The molecular weight excluding hydrogens is 100 g/mol. The number of hydrogen-bond donors (Lipinski definition) is 0. The molecule has 0 saturated carbocycles. The summed E-state index contributed by atoms with van der Waals surface area (Å²) < 4.78 is 0. The van der Waals surface area contributed by atoms with Gasteiger partial charge in [-0.25, -0.2) is 5.11 Å². The van der Waals surface area contributed by atoms with Gasteiger partial charge < -0.3 is 0 Å². The number of allylic oxidation sites excluding steroid dienone is 1. The second kappa shape index (κ2) is 4.85. The Hall–Kier alpha value is -0.300. The van der Waals surface area contributed by atoms with E-state index in [0.29, 0.717) is 0 Å². The van der Waals surface area contributed by atoms with Crippen molar-refractivity contribution in [3.05, 3.63) is 12.2 Å². The Morgan fingerprint density at radius 3 is 2.62 bits per heavy atom. The Kier molecular flexibility index (Phi) is 4.67. The van der Waals surface area contributed by atoms with Gasteiger partial charge in [0.15, 0.2) is 0 Å². The normalized spacial score (nSPS) is 14.9. The monoisotopic (exact) mass is 113 g/mol. The quantitative estimate of drug-likeness (QED) is 0.500. The first-order valence-corrected chi connectivity index (χ1v) is 3.10. The molecule has 0 rings (SSSR count). The molecule has 0 fully saturated rings. The molecule has 8 heavy (non-hydrogen) atoms. The summed E-state index contributed by atoms with van der Waals surface area (Å²) >= 11 is 0. The summed E-state index contributed by atoms with van der Waals surface area (Å²) in [4.78, 5) is 0. The molecule has 1 nitrogen and oxygen atoms in total. The Labute approximate surface area is 51.0 Å². The molecule has 0 N–H and O–H groups in total. The Morgan fingerprint density at radius 2 is 2.25 bits per heavy atom. The van der Waals surface area contributed by atoms with Gasteiger partial charge in [0.2, 0.25) is 0 Å². The molecule has 0 aliphatic rings. The van der Waals surface area contributed by atoms with E-state index in [1.807, 2.05) is 19.9 Å². The molecule has 1 atom stereocenters. The van der Waals surface area contributed by atoms with Crippen LogP contribution in [0.15, 0.2) is 12.2 Å². The standard InChI is InChI=1S/C7H13O/c1-3-5-7(8)6-4-2/h3,5,7H,4,6H2,1-2H3/b5-3+. The Bertz CT molecular complexity index is 66.8. The lowest BCUT2D eigenvalue weighted by atomic mass is 10.2. The topological polar surface area (TPSA) is 19.9 Å². The van der Waals surface area contributed by atoms with Crippen molar-refractivity contribution in [1.82, 2.24) is 0 Å². The first kappa shape index (κ1) is 7.70. The highest BCUT2D eigenvalue weighted by atomic mass is 16.3. The lowest BCUT2D eigenvalue weighted by Gasteiger charge is -1.95. The molecule has 0 bridgehead atoms. The molecule has 0 heterocycles. The third-order valence-corrected chi connectivity index (χ3v) is 0.980. The first-order valence-electron chi connectivity index (χ1n) is 3.10. The molecule has 0 aliphatic carbocycles. The number of rotatable bonds is 3. The van der Waals surface area contributed by atoms with E-state index in [1.165, 1.54) is 0 Å². The first-order chi connectivity index (χ1) is 3.81. The van der Waals surface area contributed by atoms with Crippen LogP contribution in [0.4, 0.5) is 0 Å². The minimum atomic E-state index is -0.468. The third kappa shape index (κ3) is 3.88. The van der Waals surface area contributed by atoms with E-state index < -0.39 is 6.10 Å². The van der Waals surface area contributed by atoms with Crippen LogP contribution in [0.5, 0.6) is 0 Å². The fraction of sp³-hybridized carbons (Fsp3) is 0.714. The summed E-state index contributed by atoms with van der Waals surface area (Å²) in [7, 11) is 0. The highest BCUT2D eigenvalue weighted by Crippen LogP contribution is 1.96. The van der Waals surface area contributed by atoms with Crippen LogP contribution in [-0.4, -0.2) is 6.10 Å². The average molecular weight is 113 g/mol. The van der Waals surface area contributed by atoms with Crippen LogP contribution in [0.1, 0.15) is 26.7 Å². The lowest BCUT2D eigenvalue weighted by Crippen LogP contribution is -1.96. The van der Waals surface area contributed by atoms with Crippen LogP contribution >= 0.6 is 0 Å². The molecule has 0 aromatic carbocycles. The fourth-order valence-corrected chi connectivity index (χ4v) is 0.595. The molecule has 47 valence electrons. The van der Waals surface area contributed by atoms with Crippen molar-refractivity contribution in [3.63, 3.8) is 0 Å². The predicted molar refractivity (Wildman–Crippen MR) is 34.2 cm³/mol. The van der Waals surface area contributed by atoms with Crippen molar-refractivity contribution < 1.29 is 5.11 Å². The zero-order chi connectivity index (χ0) is 6.41. The van der Waals surface area contributed by atoms with Crippen molar-refractivity contribution in [2.75, 3.05) is 0 Å². The molecule has 0 amide bonds. The molecule has 0 aliphatic heterocycles. The van der Waals surface area contributed by atoms with Crippen molar-refractivity contribution >= 4 is 0 Å². The van der Waals surface area contributed by atoms with E-state index in [1.54, 1.807) is 6.08 Å². The van der Waals surface area contributed by atoms with Gasteiger partial charge in [0, 0.05) is 0 Å². The molecule has 0 spiro atoms. The summed E-state index contributed by atoms with van der Waals surface area (Å²) in [5, 5.41) is 10.6. The second-order valence-corrected chi connectivity index (χ2v) is 1.85. The van der Waals surface area contributed by atoms with Crippen LogP contribution in [0.25, 0.3) is 0 Å². The summed E-state index contributed by atoms with van der Waals surface area (Å²) in [6.07, 6.45) is 4.80. The van der Waals surface area contributed by atoms with Gasteiger partial charge in [0.1, 0.15) is 6.10 Å². The molecule has 1 heteroatoms. The largest absolute Gasteiger partial charge is 0.229 e. The van der Waals surface area contributed by atoms with E-state index >= 15 is 0 Å². The van der Waals surface area contributed by atoms with Crippen LogP contribution in [-0.2, 0) is 5.11 Å². The van der Waals surface area contributed by atoms with Crippen molar-refractivity contribution in [2.24, 2.45) is 0 Å². The maximum atomic E-state index is 10.6. The zero-order valence-corrected chi connectivity index (χ0v) is 5.55. The van der Waals surface area contributed by atoms with Crippen molar-refractivity contribution in [3.8, 4) is 0 Å². The SMILES string of the molecule is C/C=C/C([O])CCC. The van der Waals surface area contributed by atoms with Crippen LogP contribution < -0.4 is 0 Å². The highest BCUT2D eigenvalue weighted by molar-refractivity contribution is 4.84. The number of hydrogen-bond acceptors (Lipinski definition) is 0. The summed E-state index contributed by atoms with van der Waals surface area (Å²) in [6.45, 7) is 3.90. The van der Waals surface area contributed by atoms with Gasteiger partial charge in [-0.3, -0.25) is 0 Å². The average Bonchev–Trinajstić information content (AvgIpc) is 1.68. The third-order valence-electron chi connectivity index (χ3n) is 0.980. The van der Waals surface area contributed by atoms with Crippen LogP contribution in [0.2, 0.25) is 0 Å². The van der Waals surface area contributed by atoms with Crippen LogP contribution in [0.3, 0.4) is 0 Å². The van der Waals surface area contributed by atoms with Gasteiger partial charge in [-0.1, -0.05) is 25.5 Å². The van der Waals surface area contributed by atoms with Gasteiger partial charge in [0.05, 0.1) is 0 Å². The van der Waals surface area contributed by atoms with E-state index in [9.17, 15) is 5.11 Å². The van der Waals surface area contributed by atoms with E-state index in [2.05, 4.69) is 0 Å².